The van der Waals surface area contributed by atoms with Gasteiger partial charge in [-0.15, -0.1) is 0 Å². The first kappa shape index (κ1) is 9.71. The second-order valence-electron chi connectivity index (χ2n) is 3.50. The Balaban J connectivity index is 2.31. The standard InChI is InChI=1S/C13H14N2/c1-3-4-11-5-7-12(8-6-11)13-9-10-15(2)14-13/h3-10H,1-2H3/b4-3+. The van der Waals surface area contributed by atoms with E-state index >= 15 is 0 Å². The van der Waals surface area contributed by atoms with E-state index in [0.717, 1.165) is 11.3 Å². The molecule has 0 atom stereocenters. The van der Waals surface area contributed by atoms with Crippen LogP contribution in [0.5, 0.6) is 0 Å². The summed E-state index contributed by atoms with van der Waals surface area (Å²) in [7, 11) is 1.93. The van der Waals surface area contributed by atoms with E-state index in [1.54, 1.807) is 0 Å². The SMILES string of the molecule is C/C=C/c1ccc(-c2ccn(C)n2)cc1. The third-order valence-electron chi connectivity index (χ3n) is 2.28. The van der Waals surface area contributed by atoms with E-state index in [1.165, 1.54) is 5.56 Å². The number of nitrogens with zero attached hydrogens (tertiary/aromatic N) is 2. The van der Waals surface area contributed by atoms with E-state index in [2.05, 4.69) is 35.4 Å². The van der Waals surface area contributed by atoms with Crippen molar-refractivity contribution in [2.75, 3.05) is 0 Å². The van der Waals surface area contributed by atoms with Gasteiger partial charge >= 0.3 is 0 Å². The van der Waals surface area contributed by atoms with Crippen molar-refractivity contribution in [1.82, 2.24) is 9.78 Å². The molecule has 0 unspecified atom stereocenters. The Labute approximate surface area is 89.9 Å². The summed E-state index contributed by atoms with van der Waals surface area (Å²) in [5.74, 6) is 0. The lowest BCUT2D eigenvalue weighted by molar-refractivity contribution is 0.771. The molecule has 0 radical (unpaired) electrons. The molecule has 15 heavy (non-hydrogen) atoms. The minimum atomic E-state index is 1.02. The van der Waals surface area contributed by atoms with Crippen molar-refractivity contribution in [2.24, 2.45) is 7.05 Å². The van der Waals surface area contributed by atoms with Gasteiger partial charge in [-0.05, 0) is 18.6 Å². The van der Waals surface area contributed by atoms with Gasteiger partial charge in [-0.3, -0.25) is 4.68 Å². The fourth-order valence-corrected chi connectivity index (χ4v) is 1.53. The first-order chi connectivity index (χ1) is 7.29. The molecule has 0 aliphatic carbocycles. The molecule has 1 heterocycles. The van der Waals surface area contributed by atoms with Crippen LogP contribution in [0.1, 0.15) is 12.5 Å². The minimum absolute atomic E-state index is 1.02. The topological polar surface area (TPSA) is 17.8 Å². The van der Waals surface area contributed by atoms with Crippen LogP contribution in [0.4, 0.5) is 0 Å². The first-order valence-electron chi connectivity index (χ1n) is 5.02. The summed E-state index contributed by atoms with van der Waals surface area (Å²) in [6.07, 6.45) is 6.08. The third-order valence-corrected chi connectivity index (χ3v) is 2.28. The van der Waals surface area contributed by atoms with Gasteiger partial charge in [0.15, 0.2) is 0 Å². The van der Waals surface area contributed by atoms with Crippen molar-refractivity contribution in [2.45, 2.75) is 6.92 Å². The highest BCUT2D eigenvalue weighted by molar-refractivity contribution is 5.61. The van der Waals surface area contributed by atoms with Gasteiger partial charge in [0, 0.05) is 18.8 Å². The molecule has 0 bridgehead atoms. The molecule has 0 aliphatic rings. The van der Waals surface area contributed by atoms with Gasteiger partial charge in [-0.2, -0.15) is 5.10 Å². The normalized spacial score (nSPS) is 11.1. The quantitative estimate of drug-likeness (QED) is 0.725. The Morgan fingerprint density at radius 2 is 1.87 bits per heavy atom. The van der Waals surface area contributed by atoms with Crippen LogP contribution in [0.3, 0.4) is 0 Å². The lowest BCUT2D eigenvalue weighted by Gasteiger charge is -1.97. The van der Waals surface area contributed by atoms with Crippen molar-refractivity contribution < 1.29 is 0 Å². The molecule has 0 N–H and O–H groups in total. The summed E-state index contributed by atoms with van der Waals surface area (Å²) >= 11 is 0. The molecule has 76 valence electrons. The molecule has 2 aromatic rings. The van der Waals surface area contributed by atoms with Gasteiger partial charge in [-0.25, -0.2) is 0 Å². The molecule has 2 nitrogen and oxygen atoms in total. The fourth-order valence-electron chi connectivity index (χ4n) is 1.53. The van der Waals surface area contributed by atoms with Crippen molar-refractivity contribution in [3.8, 4) is 11.3 Å². The zero-order chi connectivity index (χ0) is 10.7. The molecule has 2 heteroatoms. The minimum Gasteiger partial charge on any atom is -0.275 e. The largest absolute Gasteiger partial charge is 0.275 e. The summed E-state index contributed by atoms with van der Waals surface area (Å²) < 4.78 is 1.81. The number of hydrogen-bond donors (Lipinski definition) is 0. The second-order valence-corrected chi connectivity index (χ2v) is 3.50. The van der Waals surface area contributed by atoms with Crippen LogP contribution < -0.4 is 0 Å². The van der Waals surface area contributed by atoms with Gasteiger partial charge in [-0.1, -0.05) is 36.4 Å². The summed E-state index contributed by atoms with van der Waals surface area (Å²) in [5, 5.41) is 4.36. The molecule has 0 fully saturated rings. The highest BCUT2D eigenvalue weighted by Gasteiger charge is 1.99. The van der Waals surface area contributed by atoms with Gasteiger partial charge in [0.2, 0.25) is 0 Å². The second kappa shape index (κ2) is 4.13. The van der Waals surface area contributed by atoms with Gasteiger partial charge in [0.05, 0.1) is 5.69 Å². The van der Waals surface area contributed by atoms with Crippen LogP contribution in [0, 0.1) is 0 Å². The molecule has 0 amide bonds. The van der Waals surface area contributed by atoms with Crippen LogP contribution in [0.25, 0.3) is 17.3 Å². The van der Waals surface area contributed by atoms with Crippen LogP contribution in [-0.2, 0) is 7.05 Å². The lowest BCUT2D eigenvalue weighted by Crippen LogP contribution is -1.87. The van der Waals surface area contributed by atoms with E-state index < -0.39 is 0 Å². The summed E-state index contributed by atoms with van der Waals surface area (Å²) in [4.78, 5) is 0. The molecular formula is C13H14N2. The Morgan fingerprint density at radius 3 is 2.40 bits per heavy atom. The summed E-state index contributed by atoms with van der Waals surface area (Å²) in [6, 6.07) is 10.4. The average Bonchev–Trinajstić information content (AvgIpc) is 2.67. The highest BCUT2D eigenvalue weighted by atomic mass is 15.2. The first-order valence-corrected chi connectivity index (χ1v) is 5.02. The smallest absolute Gasteiger partial charge is 0.0923 e. The van der Waals surface area contributed by atoms with Crippen LogP contribution >= 0.6 is 0 Å². The predicted octanol–water partition coefficient (Wildman–Crippen LogP) is 3.12. The van der Waals surface area contributed by atoms with E-state index in [-0.39, 0.29) is 0 Å². The van der Waals surface area contributed by atoms with E-state index in [1.807, 2.05) is 37.0 Å². The van der Waals surface area contributed by atoms with Crippen molar-refractivity contribution in [3.63, 3.8) is 0 Å². The van der Waals surface area contributed by atoms with Crippen LogP contribution in [-0.4, -0.2) is 9.78 Å². The number of allylic oxidation sites excluding steroid dienone is 1. The summed E-state index contributed by atoms with van der Waals surface area (Å²) in [6.45, 7) is 2.02. The average molecular weight is 198 g/mol. The molecule has 0 saturated heterocycles. The molecular weight excluding hydrogens is 184 g/mol. The van der Waals surface area contributed by atoms with Crippen molar-refractivity contribution >= 4 is 6.08 Å². The molecule has 0 saturated carbocycles. The molecule has 0 aliphatic heterocycles. The molecule has 1 aromatic carbocycles. The summed E-state index contributed by atoms with van der Waals surface area (Å²) in [5.41, 5.74) is 3.39. The van der Waals surface area contributed by atoms with Crippen molar-refractivity contribution in [1.29, 1.82) is 0 Å². The van der Waals surface area contributed by atoms with E-state index in [4.69, 9.17) is 0 Å². The number of hydrogen-bond acceptors (Lipinski definition) is 1. The highest BCUT2D eigenvalue weighted by Crippen LogP contribution is 2.17. The zero-order valence-corrected chi connectivity index (χ0v) is 9.01. The Hall–Kier alpha value is -1.83. The van der Waals surface area contributed by atoms with E-state index in [9.17, 15) is 0 Å². The molecule has 0 spiro atoms. The predicted molar refractivity (Wildman–Crippen MR) is 63.4 cm³/mol. The lowest BCUT2D eigenvalue weighted by atomic mass is 10.1. The monoisotopic (exact) mass is 198 g/mol. The van der Waals surface area contributed by atoms with Crippen LogP contribution in [0.2, 0.25) is 0 Å². The van der Waals surface area contributed by atoms with Gasteiger partial charge in [0.1, 0.15) is 0 Å². The maximum absolute atomic E-state index is 4.36. The fraction of sp³-hybridized carbons (Fsp3) is 0.154. The number of aryl methyl sites for hydroxylation is 1. The Morgan fingerprint density at radius 1 is 1.13 bits per heavy atom. The number of benzene rings is 1. The maximum Gasteiger partial charge on any atom is 0.0923 e. The Kier molecular flexibility index (Phi) is 2.68. The number of aromatic nitrogens is 2. The zero-order valence-electron chi connectivity index (χ0n) is 9.01. The van der Waals surface area contributed by atoms with Crippen molar-refractivity contribution in [3.05, 3.63) is 48.2 Å². The third kappa shape index (κ3) is 2.15. The maximum atomic E-state index is 4.36. The molecule has 1 aromatic heterocycles. The molecule has 2 rings (SSSR count). The van der Waals surface area contributed by atoms with Crippen LogP contribution in [0.15, 0.2) is 42.6 Å². The Bertz CT molecular complexity index is 464. The number of rotatable bonds is 2. The van der Waals surface area contributed by atoms with E-state index in [0.29, 0.717) is 0 Å². The van der Waals surface area contributed by atoms with Gasteiger partial charge < -0.3 is 0 Å². The van der Waals surface area contributed by atoms with Gasteiger partial charge in [0.25, 0.3) is 0 Å².